The Labute approximate surface area is 165 Å². The highest BCUT2D eigenvalue weighted by Crippen LogP contribution is 2.29. The third-order valence-electron chi connectivity index (χ3n) is 5.00. The molecular weight excluding hydrogens is 348 g/mol. The fourth-order valence-corrected chi connectivity index (χ4v) is 3.67. The summed E-state index contributed by atoms with van der Waals surface area (Å²) in [5.41, 5.74) is 6.68. The van der Waals surface area contributed by atoms with Gasteiger partial charge in [0.1, 0.15) is 0 Å². The lowest BCUT2D eigenvalue weighted by molar-refractivity contribution is 0.414. The lowest BCUT2D eigenvalue weighted by Gasteiger charge is -2.14. The molecule has 6 heteroatoms. The number of aromatic nitrogens is 5. The van der Waals surface area contributed by atoms with Crippen LogP contribution < -0.4 is 0 Å². The number of imidazole rings is 1. The largest absolute Gasteiger partial charge is 0.309 e. The van der Waals surface area contributed by atoms with E-state index in [0.717, 1.165) is 35.7 Å². The monoisotopic (exact) mass is 374 g/mol. The van der Waals surface area contributed by atoms with Crippen LogP contribution in [0.1, 0.15) is 22.6 Å². The Kier molecular flexibility index (Phi) is 4.96. The number of fused-ring (bicyclic) bond motifs is 1. The molecule has 0 radical (unpaired) electrons. The van der Waals surface area contributed by atoms with E-state index < -0.39 is 0 Å². The minimum Gasteiger partial charge on any atom is -0.309 e. The SMILES string of the molecule is Cc1cccc(Cn2nc(C)c3c(-n4ccnc4)ccc(CCN(C)C)c32)n1. The Hall–Kier alpha value is -2.99. The molecule has 0 unspecified atom stereocenters. The molecule has 1 aromatic carbocycles. The van der Waals surface area contributed by atoms with Gasteiger partial charge in [0.15, 0.2) is 0 Å². The Morgan fingerprint density at radius 1 is 1.07 bits per heavy atom. The highest BCUT2D eigenvalue weighted by atomic mass is 15.3. The van der Waals surface area contributed by atoms with Crippen LogP contribution in [0.25, 0.3) is 16.6 Å². The van der Waals surface area contributed by atoms with Gasteiger partial charge in [-0.15, -0.1) is 0 Å². The Morgan fingerprint density at radius 3 is 2.64 bits per heavy atom. The van der Waals surface area contributed by atoms with Crippen LogP contribution in [-0.2, 0) is 13.0 Å². The van der Waals surface area contributed by atoms with Gasteiger partial charge in [-0.2, -0.15) is 5.10 Å². The fraction of sp³-hybridized carbons (Fsp3) is 0.318. The molecule has 0 saturated carbocycles. The minimum atomic E-state index is 0.661. The number of hydrogen-bond acceptors (Lipinski definition) is 4. The first-order valence-corrected chi connectivity index (χ1v) is 9.57. The Bertz CT molecular complexity index is 1090. The number of hydrogen-bond donors (Lipinski definition) is 0. The van der Waals surface area contributed by atoms with Crippen LogP contribution in [0.3, 0.4) is 0 Å². The van der Waals surface area contributed by atoms with Gasteiger partial charge in [0.05, 0.1) is 35.5 Å². The maximum Gasteiger partial charge on any atom is 0.0991 e. The van der Waals surface area contributed by atoms with E-state index in [1.807, 2.05) is 31.7 Å². The molecule has 4 rings (SSSR count). The highest BCUT2D eigenvalue weighted by Gasteiger charge is 2.17. The number of likely N-dealkylation sites (N-methyl/N-ethyl adjacent to an activating group) is 1. The van der Waals surface area contributed by atoms with Gasteiger partial charge >= 0.3 is 0 Å². The van der Waals surface area contributed by atoms with Gasteiger partial charge in [-0.25, -0.2) is 4.98 Å². The van der Waals surface area contributed by atoms with E-state index in [2.05, 4.69) is 69.4 Å². The summed E-state index contributed by atoms with van der Waals surface area (Å²) in [5, 5.41) is 6.08. The summed E-state index contributed by atoms with van der Waals surface area (Å²) >= 11 is 0. The topological polar surface area (TPSA) is 51.8 Å². The van der Waals surface area contributed by atoms with Gasteiger partial charge in [-0.05, 0) is 58.1 Å². The first kappa shape index (κ1) is 18.4. The van der Waals surface area contributed by atoms with Crippen molar-refractivity contribution in [3.05, 3.63) is 71.7 Å². The summed E-state index contributed by atoms with van der Waals surface area (Å²) < 4.78 is 4.17. The molecule has 0 fully saturated rings. The molecule has 3 aromatic heterocycles. The van der Waals surface area contributed by atoms with Crippen LogP contribution in [0.2, 0.25) is 0 Å². The van der Waals surface area contributed by atoms with Crippen molar-refractivity contribution in [1.82, 2.24) is 29.2 Å². The second-order valence-corrected chi connectivity index (χ2v) is 7.50. The number of pyridine rings is 1. The molecule has 6 nitrogen and oxygen atoms in total. The van der Waals surface area contributed by atoms with Crippen LogP contribution in [0.15, 0.2) is 49.1 Å². The molecule has 0 aliphatic rings. The summed E-state index contributed by atoms with van der Waals surface area (Å²) in [6, 6.07) is 10.5. The zero-order valence-corrected chi connectivity index (χ0v) is 16.9. The quantitative estimate of drug-likeness (QED) is 0.519. The molecule has 0 amide bonds. The maximum atomic E-state index is 4.90. The normalized spacial score (nSPS) is 11.6. The van der Waals surface area contributed by atoms with Gasteiger partial charge < -0.3 is 9.47 Å². The van der Waals surface area contributed by atoms with Crippen molar-refractivity contribution >= 4 is 10.9 Å². The van der Waals surface area contributed by atoms with Crippen LogP contribution in [0.5, 0.6) is 0 Å². The van der Waals surface area contributed by atoms with Gasteiger partial charge in [-0.1, -0.05) is 12.1 Å². The first-order chi connectivity index (χ1) is 13.5. The second-order valence-electron chi connectivity index (χ2n) is 7.50. The van der Waals surface area contributed by atoms with E-state index in [9.17, 15) is 0 Å². The molecule has 144 valence electrons. The van der Waals surface area contributed by atoms with Crippen molar-refractivity contribution in [3.63, 3.8) is 0 Å². The maximum absolute atomic E-state index is 4.90. The van der Waals surface area contributed by atoms with E-state index in [0.29, 0.717) is 6.54 Å². The molecular formula is C22H26N6. The highest BCUT2D eigenvalue weighted by molar-refractivity contribution is 5.92. The molecule has 0 aliphatic carbocycles. The van der Waals surface area contributed by atoms with E-state index in [1.165, 1.54) is 16.5 Å². The van der Waals surface area contributed by atoms with Gasteiger partial charge in [-0.3, -0.25) is 9.67 Å². The van der Waals surface area contributed by atoms with Crippen LogP contribution in [0.4, 0.5) is 0 Å². The Morgan fingerprint density at radius 2 is 1.93 bits per heavy atom. The van der Waals surface area contributed by atoms with Crippen molar-refractivity contribution in [1.29, 1.82) is 0 Å². The molecule has 28 heavy (non-hydrogen) atoms. The third-order valence-corrected chi connectivity index (χ3v) is 5.00. The molecule has 0 atom stereocenters. The van der Waals surface area contributed by atoms with Crippen molar-refractivity contribution in [2.24, 2.45) is 0 Å². The molecule has 0 spiro atoms. The third kappa shape index (κ3) is 3.55. The minimum absolute atomic E-state index is 0.661. The van der Waals surface area contributed by atoms with Gasteiger partial charge in [0, 0.05) is 30.0 Å². The van der Waals surface area contributed by atoms with E-state index in [-0.39, 0.29) is 0 Å². The van der Waals surface area contributed by atoms with E-state index in [1.54, 1.807) is 0 Å². The molecule has 4 aromatic rings. The number of rotatable bonds is 6. The zero-order chi connectivity index (χ0) is 19.7. The van der Waals surface area contributed by atoms with E-state index >= 15 is 0 Å². The molecule has 0 aliphatic heterocycles. The average Bonchev–Trinajstić information content (AvgIpc) is 3.29. The number of aryl methyl sites for hydroxylation is 2. The fourth-order valence-electron chi connectivity index (χ4n) is 3.67. The summed E-state index contributed by atoms with van der Waals surface area (Å²) in [6.45, 7) is 5.76. The summed E-state index contributed by atoms with van der Waals surface area (Å²) in [6.07, 6.45) is 6.60. The summed E-state index contributed by atoms with van der Waals surface area (Å²) in [7, 11) is 4.21. The van der Waals surface area contributed by atoms with Crippen molar-refractivity contribution in [2.45, 2.75) is 26.8 Å². The number of benzene rings is 1. The summed E-state index contributed by atoms with van der Waals surface area (Å²) in [5.74, 6) is 0. The van der Waals surface area contributed by atoms with Crippen LogP contribution >= 0.6 is 0 Å². The zero-order valence-electron chi connectivity index (χ0n) is 16.9. The Balaban J connectivity index is 1.88. The smallest absolute Gasteiger partial charge is 0.0991 e. The van der Waals surface area contributed by atoms with Gasteiger partial charge in [0.25, 0.3) is 0 Å². The van der Waals surface area contributed by atoms with Crippen molar-refractivity contribution in [2.75, 3.05) is 20.6 Å². The van der Waals surface area contributed by atoms with Crippen LogP contribution in [0, 0.1) is 13.8 Å². The molecule has 3 heterocycles. The second kappa shape index (κ2) is 7.56. The lowest BCUT2D eigenvalue weighted by Crippen LogP contribution is -2.16. The van der Waals surface area contributed by atoms with Gasteiger partial charge in [0.2, 0.25) is 0 Å². The van der Waals surface area contributed by atoms with Crippen molar-refractivity contribution in [3.8, 4) is 5.69 Å². The molecule has 0 bridgehead atoms. The first-order valence-electron chi connectivity index (χ1n) is 9.57. The number of nitrogens with zero attached hydrogens (tertiary/aromatic N) is 6. The standard InChI is InChI=1S/C22H26N6/c1-16-6-5-7-19(24-16)14-28-22-18(10-12-26(3)4)8-9-20(21(22)17(2)25-28)27-13-11-23-15-27/h5-9,11,13,15H,10,12,14H2,1-4H3. The summed E-state index contributed by atoms with van der Waals surface area (Å²) in [4.78, 5) is 11.1. The molecule has 0 saturated heterocycles. The predicted molar refractivity (Wildman–Crippen MR) is 112 cm³/mol. The van der Waals surface area contributed by atoms with Crippen LogP contribution in [-0.4, -0.2) is 49.9 Å². The molecule has 0 N–H and O–H groups in total. The predicted octanol–water partition coefficient (Wildman–Crippen LogP) is 3.39. The lowest BCUT2D eigenvalue weighted by atomic mass is 10.0. The van der Waals surface area contributed by atoms with E-state index in [4.69, 9.17) is 5.10 Å². The van der Waals surface area contributed by atoms with Crippen molar-refractivity contribution < 1.29 is 0 Å². The average molecular weight is 374 g/mol.